The standard InChI is InChI=1S/C23H19N5OS/c1-29-19-12-8-17(9-13-19)15-28-21-5-3-2-4-20(21)26-22(28)27-23(30)25-18-10-6-16(14-24)7-11-18/h2-13H,15H2,1H3,(H2,25,26,27,30). The Bertz CT molecular complexity index is 1220. The molecular formula is C23H19N5OS. The third-order valence-electron chi connectivity index (χ3n) is 4.65. The molecule has 1 heterocycles. The highest BCUT2D eigenvalue weighted by atomic mass is 32.1. The van der Waals surface area contributed by atoms with Crippen LogP contribution in [-0.2, 0) is 6.54 Å². The van der Waals surface area contributed by atoms with Crippen LogP contribution >= 0.6 is 12.2 Å². The van der Waals surface area contributed by atoms with Gasteiger partial charge in [0, 0.05) is 5.69 Å². The van der Waals surface area contributed by atoms with Crippen LogP contribution in [-0.4, -0.2) is 21.8 Å². The van der Waals surface area contributed by atoms with Crippen LogP contribution < -0.4 is 15.4 Å². The van der Waals surface area contributed by atoms with Gasteiger partial charge in [-0.15, -0.1) is 0 Å². The molecule has 0 saturated heterocycles. The Morgan fingerprint density at radius 1 is 1.03 bits per heavy atom. The molecule has 148 valence electrons. The first-order chi connectivity index (χ1) is 14.7. The van der Waals surface area contributed by atoms with Gasteiger partial charge in [-0.1, -0.05) is 24.3 Å². The van der Waals surface area contributed by atoms with Gasteiger partial charge < -0.3 is 19.9 Å². The molecule has 0 atom stereocenters. The molecule has 0 spiro atoms. The lowest BCUT2D eigenvalue weighted by Gasteiger charge is -2.13. The van der Waals surface area contributed by atoms with Crippen molar-refractivity contribution >= 4 is 40.0 Å². The molecule has 4 rings (SSSR count). The van der Waals surface area contributed by atoms with E-state index < -0.39 is 0 Å². The molecule has 0 amide bonds. The van der Waals surface area contributed by atoms with Crippen LogP contribution in [0, 0.1) is 11.3 Å². The van der Waals surface area contributed by atoms with E-state index >= 15 is 0 Å². The molecule has 4 aromatic rings. The van der Waals surface area contributed by atoms with Gasteiger partial charge in [0.25, 0.3) is 0 Å². The average molecular weight is 414 g/mol. The number of hydrogen-bond donors (Lipinski definition) is 2. The van der Waals surface area contributed by atoms with Crippen molar-refractivity contribution in [1.29, 1.82) is 5.26 Å². The van der Waals surface area contributed by atoms with Crippen LogP contribution in [0.4, 0.5) is 11.6 Å². The number of nitrogens with one attached hydrogen (secondary N) is 2. The highest BCUT2D eigenvalue weighted by Crippen LogP contribution is 2.22. The van der Waals surface area contributed by atoms with Crippen LogP contribution in [0.5, 0.6) is 5.75 Å². The van der Waals surface area contributed by atoms with E-state index in [0.29, 0.717) is 23.2 Å². The highest BCUT2D eigenvalue weighted by molar-refractivity contribution is 7.80. The van der Waals surface area contributed by atoms with Crippen molar-refractivity contribution < 1.29 is 4.74 Å². The molecule has 0 aliphatic rings. The molecule has 0 aliphatic heterocycles. The first-order valence-corrected chi connectivity index (χ1v) is 9.73. The van der Waals surface area contributed by atoms with Crippen molar-refractivity contribution in [1.82, 2.24) is 9.55 Å². The molecule has 7 heteroatoms. The van der Waals surface area contributed by atoms with Gasteiger partial charge in [-0.3, -0.25) is 0 Å². The number of aromatic nitrogens is 2. The maximum Gasteiger partial charge on any atom is 0.210 e. The monoisotopic (exact) mass is 413 g/mol. The van der Waals surface area contributed by atoms with Gasteiger partial charge in [0.2, 0.25) is 5.95 Å². The number of methoxy groups -OCH3 is 1. The molecule has 3 aromatic carbocycles. The maximum absolute atomic E-state index is 8.93. The van der Waals surface area contributed by atoms with E-state index in [1.165, 1.54) is 0 Å². The molecule has 30 heavy (non-hydrogen) atoms. The predicted octanol–water partition coefficient (Wildman–Crippen LogP) is 4.77. The molecule has 0 radical (unpaired) electrons. The van der Waals surface area contributed by atoms with Gasteiger partial charge in [0.15, 0.2) is 5.11 Å². The van der Waals surface area contributed by atoms with Gasteiger partial charge in [-0.05, 0) is 66.3 Å². The summed E-state index contributed by atoms with van der Waals surface area (Å²) in [5.74, 6) is 1.47. The van der Waals surface area contributed by atoms with E-state index in [2.05, 4.69) is 21.3 Å². The zero-order chi connectivity index (χ0) is 20.9. The van der Waals surface area contributed by atoms with Gasteiger partial charge in [-0.2, -0.15) is 5.26 Å². The number of ether oxygens (including phenoxy) is 1. The Balaban J connectivity index is 1.58. The Morgan fingerprint density at radius 3 is 2.47 bits per heavy atom. The highest BCUT2D eigenvalue weighted by Gasteiger charge is 2.12. The van der Waals surface area contributed by atoms with E-state index in [-0.39, 0.29) is 0 Å². The summed E-state index contributed by atoms with van der Waals surface area (Å²) in [6.45, 7) is 0.631. The lowest BCUT2D eigenvalue weighted by atomic mass is 10.2. The van der Waals surface area contributed by atoms with Gasteiger partial charge in [0.05, 0.1) is 36.3 Å². The summed E-state index contributed by atoms with van der Waals surface area (Å²) in [6.07, 6.45) is 0. The van der Waals surface area contributed by atoms with Gasteiger partial charge in [0.1, 0.15) is 5.75 Å². The molecule has 0 bridgehead atoms. The first kappa shape index (κ1) is 19.4. The van der Waals surface area contributed by atoms with Crippen molar-refractivity contribution in [2.45, 2.75) is 6.54 Å². The molecule has 6 nitrogen and oxygen atoms in total. The average Bonchev–Trinajstić information content (AvgIpc) is 3.11. The lowest BCUT2D eigenvalue weighted by molar-refractivity contribution is 0.414. The number of thiocarbonyl (C=S) groups is 1. The number of fused-ring (bicyclic) bond motifs is 1. The number of imidazole rings is 1. The van der Waals surface area contributed by atoms with E-state index in [9.17, 15) is 0 Å². The van der Waals surface area contributed by atoms with Gasteiger partial charge in [-0.25, -0.2) is 4.98 Å². The number of rotatable bonds is 5. The van der Waals surface area contributed by atoms with Crippen LogP contribution in [0.1, 0.15) is 11.1 Å². The summed E-state index contributed by atoms with van der Waals surface area (Å²) in [6, 6.07) is 25.1. The predicted molar refractivity (Wildman–Crippen MR) is 123 cm³/mol. The fourth-order valence-electron chi connectivity index (χ4n) is 3.14. The summed E-state index contributed by atoms with van der Waals surface area (Å²) < 4.78 is 7.33. The topological polar surface area (TPSA) is 74.9 Å². The number of benzene rings is 3. The molecule has 2 N–H and O–H groups in total. The largest absolute Gasteiger partial charge is 0.497 e. The maximum atomic E-state index is 8.93. The zero-order valence-corrected chi connectivity index (χ0v) is 17.1. The third-order valence-corrected chi connectivity index (χ3v) is 4.86. The van der Waals surface area contributed by atoms with Crippen LogP contribution in [0.25, 0.3) is 11.0 Å². The number of nitriles is 1. The summed E-state index contributed by atoms with van der Waals surface area (Å²) >= 11 is 5.48. The Labute approximate surface area is 179 Å². The van der Waals surface area contributed by atoms with E-state index in [0.717, 1.165) is 28.0 Å². The van der Waals surface area contributed by atoms with Crippen molar-refractivity contribution in [2.24, 2.45) is 0 Å². The van der Waals surface area contributed by atoms with Crippen molar-refractivity contribution in [2.75, 3.05) is 17.7 Å². The Hall–Kier alpha value is -3.89. The normalized spacial score (nSPS) is 10.4. The number of nitrogens with zero attached hydrogens (tertiary/aromatic N) is 3. The molecule has 0 saturated carbocycles. The van der Waals surface area contributed by atoms with Crippen LogP contribution in [0.2, 0.25) is 0 Å². The zero-order valence-electron chi connectivity index (χ0n) is 16.3. The molecule has 0 aliphatic carbocycles. The second kappa shape index (κ2) is 8.64. The Morgan fingerprint density at radius 2 is 1.77 bits per heavy atom. The second-order valence-corrected chi connectivity index (χ2v) is 7.03. The summed E-state index contributed by atoms with van der Waals surface area (Å²) in [5.41, 5.74) is 4.41. The SMILES string of the molecule is COc1ccc(Cn2c(NC(=S)Nc3ccc(C#N)cc3)nc3ccccc32)cc1. The van der Waals surface area contributed by atoms with E-state index in [4.69, 9.17) is 27.2 Å². The van der Waals surface area contributed by atoms with E-state index in [1.807, 2.05) is 60.7 Å². The second-order valence-electron chi connectivity index (χ2n) is 6.63. The molecule has 1 aromatic heterocycles. The minimum atomic E-state index is 0.422. The Kier molecular flexibility index (Phi) is 5.59. The summed E-state index contributed by atoms with van der Waals surface area (Å²) in [5, 5.41) is 15.7. The van der Waals surface area contributed by atoms with Crippen molar-refractivity contribution in [3.8, 4) is 11.8 Å². The number of anilines is 2. The minimum Gasteiger partial charge on any atom is -0.497 e. The van der Waals surface area contributed by atoms with Crippen molar-refractivity contribution in [3.63, 3.8) is 0 Å². The molecular weight excluding hydrogens is 394 g/mol. The quantitative estimate of drug-likeness (QED) is 0.459. The summed E-state index contributed by atoms with van der Waals surface area (Å²) in [4.78, 5) is 4.71. The minimum absolute atomic E-state index is 0.422. The summed E-state index contributed by atoms with van der Waals surface area (Å²) in [7, 11) is 1.65. The fraction of sp³-hybridized carbons (Fsp3) is 0.0870. The fourth-order valence-corrected chi connectivity index (χ4v) is 3.35. The number of hydrogen-bond acceptors (Lipinski definition) is 4. The van der Waals surface area contributed by atoms with Crippen LogP contribution in [0.15, 0.2) is 72.8 Å². The van der Waals surface area contributed by atoms with Crippen molar-refractivity contribution in [3.05, 3.63) is 83.9 Å². The molecule has 0 fully saturated rings. The van der Waals surface area contributed by atoms with Gasteiger partial charge >= 0.3 is 0 Å². The third kappa shape index (κ3) is 4.24. The first-order valence-electron chi connectivity index (χ1n) is 9.32. The smallest absolute Gasteiger partial charge is 0.210 e. The lowest BCUT2D eigenvalue weighted by Crippen LogP contribution is -2.21. The van der Waals surface area contributed by atoms with E-state index in [1.54, 1.807) is 19.2 Å². The van der Waals surface area contributed by atoms with Crippen LogP contribution in [0.3, 0.4) is 0 Å². The number of para-hydroxylation sites is 2. The molecule has 0 unspecified atom stereocenters.